The van der Waals surface area contributed by atoms with E-state index in [0.717, 1.165) is 24.4 Å². The van der Waals surface area contributed by atoms with Gasteiger partial charge in [-0.2, -0.15) is 0 Å². The molecule has 1 heterocycles. The molecule has 1 aromatic heterocycles. The Balaban J connectivity index is 0.000000980. The second kappa shape index (κ2) is 6.26. The normalized spacial score (nSPS) is 13.5. The third-order valence-corrected chi connectivity index (χ3v) is 2.62. The smallest absolute Gasteiger partial charge is 0.142 e. The van der Waals surface area contributed by atoms with Crippen LogP contribution in [0, 0.1) is 6.92 Å². The Morgan fingerprint density at radius 2 is 1.80 bits per heavy atom. The molecule has 86 valence electrons. The van der Waals surface area contributed by atoms with Gasteiger partial charge in [0.25, 0.3) is 0 Å². The molecule has 5 heteroatoms. The summed E-state index contributed by atoms with van der Waals surface area (Å²) in [6, 6.07) is 0. The van der Waals surface area contributed by atoms with Gasteiger partial charge in [0.15, 0.2) is 0 Å². The first-order valence-electron chi connectivity index (χ1n) is 4.86. The van der Waals surface area contributed by atoms with Gasteiger partial charge in [0.05, 0.1) is 6.54 Å². The van der Waals surface area contributed by atoms with Crippen molar-refractivity contribution in [3.8, 4) is 0 Å². The molecule has 0 bridgehead atoms. The van der Waals surface area contributed by atoms with Crippen molar-refractivity contribution in [3.05, 3.63) is 22.8 Å². The average Bonchev–Trinajstić information content (AvgIpc) is 2.18. The van der Waals surface area contributed by atoms with Crippen LogP contribution in [0.15, 0.2) is 0 Å². The Labute approximate surface area is 103 Å². The Bertz CT molecular complexity index is 329. The highest BCUT2D eigenvalue weighted by Crippen LogP contribution is 2.21. The van der Waals surface area contributed by atoms with Crippen LogP contribution in [0.3, 0.4) is 0 Å². The summed E-state index contributed by atoms with van der Waals surface area (Å²) >= 11 is 0. The van der Waals surface area contributed by atoms with Crippen molar-refractivity contribution >= 4 is 24.8 Å². The Kier molecular flexibility index (Phi) is 6.10. The molecule has 1 aliphatic carbocycles. The molecule has 0 radical (unpaired) electrons. The summed E-state index contributed by atoms with van der Waals surface area (Å²) in [5, 5.41) is 0. The topological polar surface area (TPSA) is 51.8 Å². The first kappa shape index (κ1) is 14.6. The van der Waals surface area contributed by atoms with Crippen LogP contribution in [0.2, 0.25) is 0 Å². The van der Waals surface area contributed by atoms with E-state index in [2.05, 4.69) is 16.9 Å². The highest BCUT2D eigenvalue weighted by Gasteiger charge is 2.14. The van der Waals surface area contributed by atoms with Gasteiger partial charge in [-0.05, 0) is 38.2 Å². The zero-order valence-corrected chi connectivity index (χ0v) is 10.5. The number of aryl methyl sites for hydroxylation is 2. The summed E-state index contributed by atoms with van der Waals surface area (Å²) in [6.07, 6.45) is 4.78. The second-order valence-electron chi connectivity index (χ2n) is 3.56. The number of nitrogens with two attached hydrogens (primary N) is 1. The average molecular weight is 250 g/mol. The number of aromatic nitrogens is 2. The van der Waals surface area contributed by atoms with Crippen LogP contribution in [0.5, 0.6) is 0 Å². The number of nitrogens with zero attached hydrogens (tertiary/aromatic N) is 2. The molecule has 15 heavy (non-hydrogen) atoms. The maximum absolute atomic E-state index is 5.53. The summed E-state index contributed by atoms with van der Waals surface area (Å²) in [5.41, 5.74) is 9.26. The largest absolute Gasteiger partial charge is 0.324 e. The van der Waals surface area contributed by atoms with Crippen molar-refractivity contribution in [1.29, 1.82) is 0 Å². The molecule has 0 saturated carbocycles. The first-order valence-corrected chi connectivity index (χ1v) is 4.86. The number of hydrogen-bond acceptors (Lipinski definition) is 3. The molecule has 2 rings (SSSR count). The molecule has 0 aliphatic heterocycles. The molecule has 1 aliphatic rings. The van der Waals surface area contributed by atoms with E-state index in [1.54, 1.807) is 0 Å². The maximum Gasteiger partial charge on any atom is 0.142 e. The summed E-state index contributed by atoms with van der Waals surface area (Å²) in [5.74, 6) is 0.790. The maximum atomic E-state index is 5.53. The monoisotopic (exact) mass is 249 g/mol. The second-order valence-corrected chi connectivity index (χ2v) is 3.56. The minimum absolute atomic E-state index is 0. The molecular formula is C10H17Cl2N3. The van der Waals surface area contributed by atoms with Crippen LogP contribution in [0.1, 0.15) is 35.6 Å². The fourth-order valence-corrected chi connectivity index (χ4v) is 1.94. The molecule has 0 amide bonds. The van der Waals surface area contributed by atoms with Crippen LogP contribution in [-0.4, -0.2) is 9.97 Å². The fraction of sp³-hybridized carbons (Fsp3) is 0.600. The summed E-state index contributed by atoms with van der Waals surface area (Å²) < 4.78 is 0. The third-order valence-electron chi connectivity index (χ3n) is 2.62. The standard InChI is InChI=1S/C10H15N3.2ClH/c1-7-8-4-2-3-5-9(8)13-10(6-11)12-7;;/h2-6,11H2,1H3;2*1H. The number of fused-ring (bicyclic) bond motifs is 1. The van der Waals surface area contributed by atoms with Gasteiger partial charge in [-0.25, -0.2) is 9.97 Å². The SMILES string of the molecule is Cc1nc(CN)nc2c1CCCC2.Cl.Cl. The number of hydrogen-bond donors (Lipinski definition) is 1. The van der Waals surface area contributed by atoms with Gasteiger partial charge in [0.2, 0.25) is 0 Å². The fourth-order valence-electron chi connectivity index (χ4n) is 1.94. The van der Waals surface area contributed by atoms with Crippen molar-refractivity contribution < 1.29 is 0 Å². The van der Waals surface area contributed by atoms with Crippen LogP contribution >= 0.6 is 24.8 Å². The Morgan fingerprint density at radius 1 is 1.13 bits per heavy atom. The van der Waals surface area contributed by atoms with E-state index < -0.39 is 0 Å². The van der Waals surface area contributed by atoms with Crippen molar-refractivity contribution in [2.45, 2.75) is 39.2 Å². The summed E-state index contributed by atoms with van der Waals surface area (Å²) in [4.78, 5) is 8.83. The lowest BCUT2D eigenvalue weighted by molar-refractivity contribution is 0.647. The lowest BCUT2D eigenvalue weighted by Crippen LogP contribution is -2.13. The lowest BCUT2D eigenvalue weighted by atomic mass is 9.95. The van der Waals surface area contributed by atoms with Gasteiger partial charge in [0.1, 0.15) is 5.82 Å². The van der Waals surface area contributed by atoms with E-state index in [4.69, 9.17) is 5.73 Å². The third kappa shape index (κ3) is 3.03. The molecule has 0 unspecified atom stereocenters. The van der Waals surface area contributed by atoms with Gasteiger partial charge in [-0.15, -0.1) is 24.8 Å². The van der Waals surface area contributed by atoms with E-state index >= 15 is 0 Å². The van der Waals surface area contributed by atoms with E-state index in [1.165, 1.54) is 24.1 Å². The molecule has 3 nitrogen and oxygen atoms in total. The Morgan fingerprint density at radius 3 is 2.47 bits per heavy atom. The van der Waals surface area contributed by atoms with E-state index in [9.17, 15) is 0 Å². The van der Waals surface area contributed by atoms with Gasteiger partial charge < -0.3 is 5.73 Å². The van der Waals surface area contributed by atoms with Crippen LogP contribution in [0.25, 0.3) is 0 Å². The number of rotatable bonds is 1. The summed E-state index contributed by atoms with van der Waals surface area (Å²) in [7, 11) is 0. The van der Waals surface area contributed by atoms with Gasteiger partial charge >= 0.3 is 0 Å². The van der Waals surface area contributed by atoms with E-state index in [-0.39, 0.29) is 24.8 Å². The van der Waals surface area contributed by atoms with Crippen LogP contribution < -0.4 is 5.73 Å². The highest BCUT2D eigenvalue weighted by atomic mass is 35.5. The van der Waals surface area contributed by atoms with E-state index in [1.807, 2.05) is 0 Å². The van der Waals surface area contributed by atoms with Gasteiger partial charge in [-0.1, -0.05) is 0 Å². The van der Waals surface area contributed by atoms with E-state index in [0.29, 0.717) is 6.54 Å². The molecular weight excluding hydrogens is 233 g/mol. The molecule has 0 fully saturated rings. The van der Waals surface area contributed by atoms with Gasteiger partial charge in [0, 0.05) is 11.4 Å². The van der Waals surface area contributed by atoms with Crippen molar-refractivity contribution in [3.63, 3.8) is 0 Å². The number of halogens is 2. The zero-order valence-electron chi connectivity index (χ0n) is 8.82. The predicted octanol–water partition coefficient (Wildman–Crippen LogP) is 1.97. The van der Waals surface area contributed by atoms with Crippen molar-refractivity contribution in [2.75, 3.05) is 0 Å². The van der Waals surface area contributed by atoms with Gasteiger partial charge in [-0.3, -0.25) is 0 Å². The molecule has 0 atom stereocenters. The molecule has 0 aromatic carbocycles. The quantitative estimate of drug-likeness (QED) is 0.829. The molecule has 0 saturated heterocycles. The van der Waals surface area contributed by atoms with Crippen LogP contribution in [0.4, 0.5) is 0 Å². The summed E-state index contributed by atoms with van der Waals surface area (Å²) in [6.45, 7) is 2.51. The first-order chi connectivity index (χ1) is 6.31. The van der Waals surface area contributed by atoms with Crippen molar-refractivity contribution in [1.82, 2.24) is 9.97 Å². The zero-order chi connectivity index (χ0) is 9.26. The minimum Gasteiger partial charge on any atom is -0.324 e. The molecule has 1 aromatic rings. The Hall–Kier alpha value is -0.380. The molecule has 2 N–H and O–H groups in total. The lowest BCUT2D eigenvalue weighted by Gasteiger charge is -2.16. The minimum atomic E-state index is 0. The van der Waals surface area contributed by atoms with Crippen LogP contribution in [-0.2, 0) is 19.4 Å². The van der Waals surface area contributed by atoms with Crippen molar-refractivity contribution in [2.24, 2.45) is 5.73 Å². The predicted molar refractivity (Wildman–Crippen MR) is 65.8 cm³/mol. The molecule has 0 spiro atoms. The highest BCUT2D eigenvalue weighted by molar-refractivity contribution is 5.85.